The second-order valence-corrected chi connectivity index (χ2v) is 9.83. The highest BCUT2D eigenvalue weighted by Crippen LogP contribution is 2.39. The standard InChI is InChI=1S/C23H25ClN4O2S/c1-12(2)11-30-19(29)10-18-22-27-26-15(5)28(22)23-20(13(3)14(4)31-23)21(25-18)16-7-6-8-17(24)9-16/h6-9,12,18H,10-11H2,1-5H3/t18-/m0/s1. The van der Waals surface area contributed by atoms with Crippen LogP contribution in [-0.2, 0) is 9.53 Å². The van der Waals surface area contributed by atoms with Gasteiger partial charge in [-0.15, -0.1) is 21.5 Å². The van der Waals surface area contributed by atoms with Crippen LogP contribution in [0.3, 0.4) is 0 Å². The molecule has 0 aliphatic carbocycles. The molecule has 3 heterocycles. The first-order valence-electron chi connectivity index (χ1n) is 10.3. The number of halogens is 1. The van der Waals surface area contributed by atoms with Crippen molar-refractivity contribution in [3.8, 4) is 5.00 Å². The Hall–Kier alpha value is -2.51. The number of esters is 1. The third-order valence-corrected chi connectivity index (χ3v) is 6.70. The number of benzene rings is 1. The molecule has 0 amide bonds. The van der Waals surface area contributed by atoms with E-state index in [-0.39, 0.29) is 18.3 Å². The van der Waals surface area contributed by atoms with E-state index in [9.17, 15) is 4.79 Å². The molecule has 0 unspecified atom stereocenters. The summed E-state index contributed by atoms with van der Waals surface area (Å²) in [7, 11) is 0. The highest BCUT2D eigenvalue weighted by atomic mass is 35.5. The number of nitrogens with zero attached hydrogens (tertiary/aromatic N) is 4. The van der Waals surface area contributed by atoms with E-state index in [1.165, 1.54) is 4.88 Å². The fourth-order valence-corrected chi connectivity index (χ4v) is 5.04. The third kappa shape index (κ3) is 4.16. The van der Waals surface area contributed by atoms with Crippen LogP contribution in [0.25, 0.3) is 5.00 Å². The Morgan fingerprint density at radius 1 is 1.26 bits per heavy atom. The second-order valence-electron chi connectivity index (χ2n) is 8.19. The van der Waals surface area contributed by atoms with E-state index in [4.69, 9.17) is 21.3 Å². The van der Waals surface area contributed by atoms with Crippen molar-refractivity contribution in [3.05, 3.63) is 62.5 Å². The van der Waals surface area contributed by atoms with Crippen LogP contribution in [0, 0.1) is 26.7 Å². The molecule has 31 heavy (non-hydrogen) atoms. The predicted octanol–water partition coefficient (Wildman–Crippen LogP) is 5.39. The summed E-state index contributed by atoms with van der Waals surface area (Å²) in [6.45, 7) is 10.5. The van der Waals surface area contributed by atoms with Gasteiger partial charge in [-0.3, -0.25) is 14.4 Å². The SMILES string of the molecule is Cc1sc2c(c1C)C(c1cccc(Cl)c1)=N[C@@H](CC(=O)OCC(C)C)c1nnc(C)n1-2. The zero-order valence-electron chi connectivity index (χ0n) is 18.3. The molecule has 2 aromatic heterocycles. The maximum Gasteiger partial charge on any atom is 0.308 e. The Morgan fingerprint density at radius 2 is 2.03 bits per heavy atom. The van der Waals surface area contributed by atoms with Gasteiger partial charge in [0.2, 0.25) is 0 Å². The van der Waals surface area contributed by atoms with Gasteiger partial charge in [0.25, 0.3) is 0 Å². The van der Waals surface area contributed by atoms with Crippen LogP contribution in [0.5, 0.6) is 0 Å². The molecule has 6 nitrogen and oxygen atoms in total. The average molecular weight is 457 g/mol. The van der Waals surface area contributed by atoms with Gasteiger partial charge in [-0.05, 0) is 44.4 Å². The molecule has 0 radical (unpaired) electrons. The molecule has 4 rings (SSSR count). The van der Waals surface area contributed by atoms with E-state index in [1.54, 1.807) is 11.3 Å². The molecule has 8 heteroatoms. The normalized spacial score (nSPS) is 15.3. The van der Waals surface area contributed by atoms with Crippen molar-refractivity contribution in [3.63, 3.8) is 0 Å². The largest absolute Gasteiger partial charge is 0.465 e. The van der Waals surface area contributed by atoms with Gasteiger partial charge in [-0.2, -0.15) is 0 Å². The number of aromatic nitrogens is 3. The number of aryl methyl sites for hydroxylation is 2. The Labute approximate surface area is 190 Å². The van der Waals surface area contributed by atoms with Gasteiger partial charge in [-0.1, -0.05) is 37.6 Å². The monoisotopic (exact) mass is 456 g/mol. The Balaban J connectivity index is 1.88. The Morgan fingerprint density at radius 3 is 2.74 bits per heavy atom. The lowest BCUT2D eigenvalue weighted by atomic mass is 9.99. The van der Waals surface area contributed by atoms with Gasteiger partial charge >= 0.3 is 5.97 Å². The number of carbonyl (C=O) groups excluding carboxylic acids is 1. The van der Waals surface area contributed by atoms with E-state index in [0.29, 0.717) is 17.5 Å². The summed E-state index contributed by atoms with van der Waals surface area (Å²) < 4.78 is 7.48. The fraction of sp³-hybridized carbons (Fsp3) is 0.391. The number of fused-ring (bicyclic) bond motifs is 3. The Bertz CT molecular complexity index is 1180. The molecule has 0 spiro atoms. The summed E-state index contributed by atoms with van der Waals surface area (Å²) in [5.41, 5.74) is 3.91. The predicted molar refractivity (Wildman–Crippen MR) is 124 cm³/mol. The number of ether oxygens (including phenoxy) is 1. The smallest absolute Gasteiger partial charge is 0.308 e. The molecule has 162 valence electrons. The van der Waals surface area contributed by atoms with Crippen molar-refractivity contribution in [2.45, 2.75) is 47.1 Å². The van der Waals surface area contributed by atoms with Gasteiger partial charge in [0.1, 0.15) is 16.9 Å². The van der Waals surface area contributed by atoms with Crippen molar-refractivity contribution in [1.29, 1.82) is 0 Å². The molecule has 0 N–H and O–H groups in total. The topological polar surface area (TPSA) is 69.4 Å². The van der Waals surface area contributed by atoms with Crippen LogP contribution < -0.4 is 0 Å². The molecule has 0 saturated heterocycles. The molecule has 1 aliphatic heterocycles. The van der Waals surface area contributed by atoms with Gasteiger partial charge in [0.15, 0.2) is 5.82 Å². The molecule has 0 fully saturated rings. The summed E-state index contributed by atoms with van der Waals surface area (Å²) in [5.74, 6) is 1.39. The van der Waals surface area contributed by atoms with Crippen molar-refractivity contribution in [2.75, 3.05) is 6.61 Å². The summed E-state index contributed by atoms with van der Waals surface area (Å²) in [5, 5.41) is 10.4. The lowest BCUT2D eigenvalue weighted by Gasteiger charge is -2.13. The first kappa shape index (κ1) is 21.7. The molecule has 1 aliphatic rings. The van der Waals surface area contributed by atoms with Gasteiger partial charge in [-0.25, -0.2) is 0 Å². The maximum absolute atomic E-state index is 12.6. The van der Waals surface area contributed by atoms with E-state index >= 15 is 0 Å². The minimum atomic E-state index is -0.505. The van der Waals surface area contributed by atoms with E-state index in [0.717, 1.165) is 33.2 Å². The molecule has 1 aromatic carbocycles. The third-order valence-electron chi connectivity index (χ3n) is 5.28. The van der Waals surface area contributed by atoms with Crippen molar-refractivity contribution >= 4 is 34.6 Å². The lowest BCUT2D eigenvalue weighted by molar-refractivity contribution is -0.145. The first-order valence-corrected chi connectivity index (χ1v) is 11.5. The number of carbonyl (C=O) groups is 1. The van der Waals surface area contributed by atoms with E-state index in [2.05, 4.69) is 24.0 Å². The van der Waals surface area contributed by atoms with Crippen molar-refractivity contribution in [1.82, 2.24) is 14.8 Å². The quantitative estimate of drug-likeness (QED) is 0.482. The number of hydrogen-bond acceptors (Lipinski definition) is 6. The van der Waals surface area contributed by atoms with E-state index < -0.39 is 6.04 Å². The van der Waals surface area contributed by atoms with Crippen molar-refractivity contribution < 1.29 is 9.53 Å². The van der Waals surface area contributed by atoms with Crippen LogP contribution in [0.1, 0.15) is 59.5 Å². The molecular weight excluding hydrogens is 432 g/mol. The maximum atomic E-state index is 12.6. The summed E-state index contributed by atoms with van der Waals surface area (Å²) in [6.07, 6.45) is 0.0991. The molecule has 3 aromatic rings. The highest BCUT2D eigenvalue weighted by Gasteiger charge is 2.32. The zero-order valence-corrected chi connectivity index (χ0v) is 19.8. The molecule has 1 atom stereocenters. The van der Waals surface area contributed by atoms with Crippen LogP contribution in [0.2, 0.25) is 5.02 Å². The van der Waals surface area contributed by atoms with Gasteiger partial charge in [0.05, 0.1) is 18.7 Å². The molecule has 0 saturated carbocycles. The minimum absolute atomic E-state index is 0.0991. The summed E-state index contributed by atoms with van der Waals surface area (Å²) in [4.78, 5) is 18.9. The number of thiophene rings is 1. The fourth-order valence-electron chi connectivity index (χ4n) is 3.64. The molecular formula is C23H25ClN4O2S. The van der Waals surface area contributed by atoms with Crippen LogP contribution in [-0.4, -0.2) is 33.1 Å². The van der Waals surface area contributed by atoms with E-state index in [1.807, 2.05) is 49.6 Å². The summed E-state index contributed by atoms with van der Waals surface area (Å²) >= 11 is 7.99. The first-order chi connectivity index (χ1) is 14.8. The molecule has 0 bridgehead atoms. The highest BCUT2D eigenvalue weighted by molar-refractivity contribution is 7.15. The summed E-state index contributed by atoms with van der Waals surface area (Å²) in [6, 6.07) is 7.15. The second kappa shape index (κ2) is 8.55. The van der Waals surface area contributed by atoms with Crippen LogP contribution in [0.15, 0.2) is 29.3 Å². The van der Waals surface area contributed by atoms with Crippen LogP contribution >= 0.6 is 22.9 Å². The van der Waals surface area contributed by atoms with Gasteiger partial charge < -0.3 is 4.74 Å². The van der Waals surface area contributed by atoms with Crippen LogP contribution in [0.4, 0.5) is 0 Å². The number of aliphatic imine (C=N–C) groups is 1. The van der Waals surface area contributed by atoms with Gasteiger partial charge in [0, 0.05) is 21.0 Å². The lowest BCUT2D eigenvalue weighted by Crippen LogP contribution is -2.15. The minimum Gasteiger partial charge on any atom is -0.465 e. The van der Waals surface area contributed by atoms with Crippen molar-refractivity contribution in [2.24, 2.45) is 10.9 Å². The zero-order chi connectivity index (χ0) is 22.3. The number of rotatable bonds is 5. The average Bonchev–Trinajstić information content (AvgIpc) is 3.19. The number of hydrogen-bond donors (Lipinski definition) is 0. The Kier molecular flexibility index (Phi) is 5.99.